The van der Waals surface area contributed by atoms with E-state index >= 15 is 0 Å². The molecule has 3 nitrogen and oxygen atoms in total. The lowest BCUT2D eigenvalue weighted by Crippen LogP contribution is -2.49. The number of hydrogen-bond acceptors (Lipinski definition) is 4. The zero-order valence-electron chi connectivity index (χ0n) is 15.7. The normalized spacial score (nSPS) is 16.6. The molecule has 4 heteroatoms. The van der Waals surface area contributed by atoms with Gasteiger partial charge in [0.2, 0.25) is 0 Å². The van der Waals surface area contributed by atoms with Gasteiger partial charge in [-0.15, -0.1) is 11.8 Å². The van der Waals surface area contributed by atoms with Crippen molar-refractivity contribution in [2.75, 3.05) is 43.4 Å². The minimum Gasteiger partial charge on any atom is -0.391 e. The molecule has 0 aliphatic carbocycles. The molecule has 3 rings (SSSR count). The molecular formula is C22H30N2OS. The first-order chi connectivity index (χ1) is 12.8. The molecule has 1 aliphatic heterocycles. The first-order valence-corrected chi connectivity index (χ1v) is 10.7. The minimum absolute atomic E-state index is 0.295. The van der Waals surface area contributed by atoms with Crippen molar-refractivity contribution in [1.82, 2.24) is 4.90 Å². The van der Waals surface area contributed by atoms with E-state index in [4.69, 9.17) is 0 Å². The SMILES string of the molecule is CCCSc1ccccc1N1CCN(C[C@H](O)Cc2ccccc2)CC1. The van der Waals surface area contributed by atoms with E-state index in [0.717, 1.165) is 39.1 Å². The van der Waals surface area contributed by atoms with Crippen LogP contribution in [-0.2, 0) is 6.42 Å². The number of aliphatic hydroxyl groups excluding tert-OH is 1. The van der Waals surface area contributed by atoms with Crippen molar-refractivity contribution >= 4 is 17.4 Å². The number of thioether (sulfide) groups is 1. The number of β-amino-alcohol motifs (C(OH)–C–C–N with tert-alkyl or cyclic N) is 1. The van der Waals surface area contributed by atoms with Gasteiger partial charge < -0.3 is 10.0 Å². The van der Waals surface area contributed by atoms with Crippen LogP contribution in [0.4, 0.5) is 5.69 Å². The van der Waals surface area contributed by atoms with Crippen LogP contribution in [0.15, 0.2) is 59.5 Å². The zero-order valence-corrected chi connectivity index (χ0v) is 16.5. The van der Waals surface area contributed by atoms with Crippen LogP contribution in [-0.4, -0.2) is 54.6 Å². The molecule has 1 aliphatic rings. The molecule has 1 atom stereocenters. The lowest BCUT2D eigenvalue weighted by molar-refractivity contribution is 0.109. The molecule has 2 aromatic rings. The lowest BCUT2D eigenvalue weighted by atomic mass is 10.1. The van der Waals surface area contributed by atoms with E-state index in [-0.39, 0.29) is 6.10 Å². The predicted octanol–water partition coefficient (Wildman–Crippen LogP) is 3.91. The fraction of sp³-hybridized carbons (Fsp3) is 0.455. The monoisotopic (exact) mass is 370 g/mol. The van der Waals surface area contributed by atoms with Gasteiger partial charge in [0.25, 0.3) is 0 Å². The Morgan fingerprint density at radius 1 is 0.962 bits per heavy atom. The summed E-state index contributed by atoms with van der Waals surface area (Å²) in [5.74, 6) is 1.17. The van der Waals surface area contributed by atoms with E-state index in [1.54, 1.807) is 0 Å². The van der Waals surface area contributed by atoms with Crippen molar-refractivity contribution in [3.63, 3.8) is 0 Å². The molecule has 26 heavy (non-hydrogen) atoms. The highest BCUT2D eigenvalue weighted by atomic mass is 32.2. The quantitative estimate of drug-likeness (QED) is 0.713. The van der Waals surface area contributed by atoms with Crippen LogP contribution in [0.2, 0.25) is 0 Å². The smallest absolute Gasteiger partial charge is 0.0707 e. The van der Waals surface area contributed by atoms with Gasteiger partial charge in [-0.25, -0.2) is 0 Å². The Hall–Kier alpha value is -1.49. The first kappa shape index (κ1) is 19.3. The molecule has 0 radical (unpaired) electrons. The van der Waals surface area contributed by atoms with E-state index in [0.29, 0.717) is 0 Å². The third-order valence-corrected chi connectivity index (χ3v) is 6.09. The van der Waals surface area contributed by atoms with Crippen molar-refractivity contribution in [3.8, 4) is 0 Å². The number of benzene rings is 2. The molecule has 140 valence electrons. The number of anilines is 1. The van der Waals surface area contributed by atoms with Gasteiger partial charge >= 0.3 is 0 Å². The maximum Gasteiger partial charge on any atom is 0.0707 e. The molecule has 1 saturated heterocycles. The van der Waals surface area contributed by atoms with Crippen LogP contribution < -0.4 is 4.90 Å². The average molecular weight is 371 g/mol. The van der Waals surface area contributed by atoms with Gasteiger partial charge in [0.1, 0.15) is 0 Å². The molecule has 2 aromatic carbocycles. The second-order valence-electron chi connectivity index (χ2n) is 6.95. The highest BCUT2D eigenvalue weighted by Gasteiger charge is 2.21. The highest BCUT2D eigenvalue weighted by Crippen LogP contribution is 2.31. The topological polar surface area (TPSA) is 26.7 Å². The van der Waals surface area contributed by atoms with Gasteiger partial charge in [0.15, 0.2) is 0 Å². The molecule has 1 fully saturated rings. The number of aliphatic hydroxyl groups is 1. The summed E-state index contributed by atoms with van der Waals surface area (Å²) in [5, 5.41) is 10.4. The Kier molecular flexibility index (Phi) is 7.42. The summed E-state index contributed by atoms with van der Waals surface area (Å²) in [6.07, 6.45) is 1.64. The molecule has 0 saturated carbocycles. The lowest BCUT2D eigenvalue weighted by Gasteiger charge is -2.37. The molecule has 1 heterocycles. The van der Waals surface area contributed by atoms with E-state index < -0.39 is 0 Å². The number of nitrogens with zero attached hydrogens (tertiary/aromatic N) is 2. The summed E-state index contributed by atoms with van der Waals surface area (Å²) in [6.45, 7) is 7.07. The standard InChI is InChI=1S/C22H30N2OS/c1-2-16-26-22-11-7-6-10-21(22)24-14-12-23(13-15-24)18-20(25)17-19-8-4-3-5-9-19/h3-11,20,25H,2,12-18H2,1H3/t20-/m1/s1. The Balaban J connectivity index is 1.50. The van der Waals surface area contributed by atoms with E-state index in [1.165, 1.54) is 28.3 Å². The van der Waals surface area contributed by atoms with Gasteiger partial charge in [-0.05, 0) is 36.3 Å². The average Bonchev–Trinajstić information content (AvgIpc) is 2.68. The largest absolute Gasteiger partial charge is 0.391 e. The van der Waals surface area contributed by atoms with Gasteiger partial charge in [-0.1, -0.05) is 49.4 Å². The van der Waals surface area contributed by atoms with Gasteiger partial charge in [0, 0.05) is 37.6 Å². The summed E-state index contributed by atoms with van der Waals surface area (Å²) in [6, 6.07) is 19.0. The van der Waals surface area contributed by atoms with Crippen LogP contribution in [0.1, 0.15) is 18.9 Å². The van der Waals surface area contributed by atoms with Crippen LogP contribution in [0, 0.1) is 0 Å². The number of para-hydroxylation sites is 1. The molecule has 0 bridgehead atoms. The van der Waals surface area contributed by atoms with E-state index in [1.807, 2.05) is 30.0 Å². The second kappa shape index (κ2) is 10.0. The van der Waals surface area contributed by atoms with Crippen molar-refractivity contribution in [2.24, 2.45) is 0 Å². The molecule has 1 N–H and O–H groups in total. The summed E-state index contributed by atoms with van der Waals surface area (Å²) in [4.78, 5) is 6.29. The Labute approximate surface area is 162 Å². The number of rotatable bonds is 8. The summed E-state index contributed by atoms with van der Waals surface area (Å²) in [7, 11) is 0. The van der Waals surface area contributed by atoms with Crippen LogP contribution in [0.5, 0.6) is 0 Å². The molecule has 0 unspecified atom stereocenters. The van der Waals surface area contributed by atoms with Crippen LogP contribution >= 0.6 is 11.8 Å². The van der Waals surface area contributed by atoms with Crippen molar-refractivity contribution in [2.45, 2.75) is 30.8 Å². The third kappa shape index (κ3) is 5.50. The van der Waals surface area contributed by atoms with E-state index in [9.17, 15) is 5.11 Å². The Morgan fingerprint density at radius 2 is 1.65 bits per heavy atom. The maximum absolute atomic E-state index is 10.4. The van der Waals surface area contributed by atoms with Crippen molar-refractivity contribution < 1.29 is 5.11 Å². The van der Waals surface area contributed by atoms with E-state index in [2.05, 4.69) is 53.1 Å². The predicted molar refractivity (Wildman–Crippen MR) is 112 cm³/mol. The second-order valence-corrected chi connectivity index (χ2v) is 8.08. The molecular weight excluding hydrogens is 340 g/mol. The van der Waals surface area contributed by atoms with Gasteiger partial charge in [-0.2, -0.15) is 0 Å². The number of hydrogen-bond donors (Lipinski definition) is 1. The third-order valence-electron chi connectivity index (χ3n) is 4.82. The zero-order chi connectivity index (χ0) is 18.2. The molecule has 0 aromatic heterocycles. The van der Waals surface area contributed by atoms with Crippen molar-refractivity contribution in [1.29, 1.82) is 0 Å². The summed E-state index contributed by atoms with van der Waals surface area (Å²) in [5.41, 5.74) is 2.58. The van der Waals surface area contributed by atoms with Gasteiger partial charge in [0.05, 0.1) is 11.8 Å². The fourth-order valence-corrected chi connectivity index (χ4v) is 4.42. The van der Waals surface area contributed by atoms with Crippen LogP contribution in [0.25, 0.3) is 0 Å². The fourth-order valence-electron chi connectivity index (χ4n) is 3.47. The highest BCUT2D eigenvalue weighted by molar-refractivity contribution is 7.99. The summed E-state index contributed by atoms with van der Waals surface area (Å²) < 4.78 is 0. The molecule has 0 spiro atoms. The maximum atomic E-state index is 10.4. The Bertz CT molecular complexity index is 656. The van der Waals surface area contributed by atoms with Gasteiger partial charge in [-0.3, -0.25) is 4.90 Å². The van der Waals surface area contributed by atoms with Crippen molar-refractivity contribution in [3.05, 3.63) is 60.2 Å². The molecule has 0 amide bonds. The summed E-state index contributed by atoms with van der Waals surface area (Å²) >= 11 is 1.96. The first-order valence-electron chi connectivity index (χ1n) is 9.67. The minimum atomic E-state index is -0.295. The Morgan fingerprint density at radius 3 is 2.38 bits per heavy atom. The van der Waals surface area contributed by atoms with Crippen LogP contribution in [0.3, 0.4) is 0 Å². The number of piperazine rings is 1.